The predicted molar refractivity (Wildman–Crippen MR) is 94.6 cm³/mol. The zero-order valence-electron chi connectivity index (χ0n) is 13.4. The van der Waals surface area contributed by atoms with Crippen molar-refractivity contribution in [1.29, 1.82) is 0 Å². The van der Waals surface area contributed by atoms with E-state index < -0.39 is 11.2 Å². The molecule has 1 aliphatic rings. The van der Waals surface area contributed by atoms with Crippen LogP contribution in [-0.4, -0.2) is 39.6 Å². The van der Waals surface area contributed by atoms with Crippen LogP contribution in [0.1, 0.15) is 33.3 Å². The molecule has 1 unspecified atom stereocenters. The Bertz CT molecular complexity index is 830. The Labute approximate surface area is 143 Å². The highest BCUT2D eigenvalue weighted by Crippen LogP contribution is 2.36. The van der Waals surface area contributed by atoms with Gasteiger partial charge in [0.2, 0.25) is 0 Å². The summed E-state index contributed by atoms with van der Waals surface area (Å²) in [5.74, 6) is 0.516. The number of H-pyrrole nitrogens is 2. The van der Waals surface area contributed by atoms with Crippen molar-refractivity contribution in [2.45, 2.75) is 18.6 Å². The number of nitrogens with zero attached hydrogens (tertiary/aromatic N) is 1. The number of amides is 1. The van der Waals surface area contributed by atoms with Crippen molar-refractivity contribution >= 4 is 17.7 Å². The molecular weight excluding hydrogens is 326 g/mol. The topological polar surface area (TPSA) is 86.0 Å². The molecule has 1 saturated heterocycles. The molecule has 6 nitrogen and oxygen atoms in total. The lowest BCUT2D eigenvalue weighted by Crippen LogP contribution is -2.36. The van der Waals surface area contributed by atoms with Gasteiger partial charge in [-0.3, -0.25) is 14.6 Å². The SMILES string of the molecule is Cc1ccccc1C1CCN(C(=O)c2cc(=O)[nH]c(=O)[nH]2)CCS1. The number of aromatic amines is 2. The lowest BCUT2D eigenvalue weighted by Gasteiger charge is -2.20. The first kappa shape index (κ1) is 16.6. The van der Waals surface area contributed by atoms with E-state index >= 15 is 0 Å². The molecule has 2 aromatic rings. The van der Waals surface area contributed by atoms with Gasteiger partial charge in [0.1, 0.15) is 5.69 Å². The molecule has 1 fully saturated rings. The maximum atomic E-state index is 12.6. The number of hydrogen-bond donors (Lipinski definition) is 2. The minimum absolute atomic E-state index is 0.0445. The molecule has 0 radical (unpaired) electrons. The van der Waals surface area contributed by atoms with E-state index in [0.717, 1.165) is 18.2 Å². The molecular formula is C17H19N3O3S. The van der Waals surface area contributed by atoms with E-state index in [1.165, 1.54) is 11.1 Å². The summed E-state index contributed by atoms with van der Waals surface area (Å²) in [6, 6.07) is 9.45. The van der Waals surface area contributed by atoms with Crippen LogP contribution in [0.5, 0.6) is 0 Å². The number of aromatic nitrogens is 2. The number of carbonyl (C=O) groups is 1. The van der Waals surface area contributed by atoms with Gasteiger partial charge in [-0.05, 0) is 24.5 Å². The summed E-state index contributed by atoms with van der Waals surface area (Å²) in [6.07, 6.45) is 0.842. The van der Waals surface area contributed by atoms with Gasteiger partial charge in [-0.1, -0.05) is 24.3 Å². The van der Waals surface area contributed by atoms with Gasteiger partial charge in [-0.15, -0.1) is 0 Å². The largest absolute Gasteiger partial charge is 0.336 e. The summed E-state index contributed by atoms with van der Waals surface area (Å²) in [4.78, 5) is 41.5. The first-order chi connectivity index (χ1) is 11.5. The highest BCUT2D eigenvalue weighted by molar-refractivity contribution is 7.99. The van der Waals surface area contributed by atoms with Gasteiger partial charge < -0.3 is 9.88 Å². The van der Waals surface area contributed by atoms with Crippen LogP contribution < -0.4 is 11.2 Å². The molecule has 0 bridgehead atoms. The molecule has 1 amide bonds. The molecule has 3 rings (SSSR count). The molecule has 7 heteroatoms. The van der Waals surface area contributed by atoms with Gasteiger partial charge in [-0.2, -0.15) is 11.8 Å². The summed E-state index contributed by atoms with van der Waals surface area (Å²) in [5, 5.41) is 0.349. The second kappa shape index (κ2) is 7.09. The molecule has 126 valence electrons. The highest BCUT2D eigenvalue weighted by atomic mass is 32.2. The maximum Gasteiger partial charge on any atom is 0.326 e. The third-order valence-corrected chi connectivity index (χ3v) is 5.47. The molecule has 1 aliphatic heterocycles. The number of thioether (sulfide) groups is 1. The zero-order valence-corrected chi connectivity index (χ0v) is 14.2. The fraction of sp³-hybridized carbons (Fsp3) is 0.353. The Morgan fingerprint density at radius 3 is 2.75 bits per heavy atom. The van der Waals surface area contributed by atoms with E-state index in [1.807, 2.05) is 23.9 Å². The van der Waals surface area contributed by atoms with E-state index in [2.05, 4.69) is 29.0 Å². The molecule has 2 heterocycles. The van der Waals surface area contributed by atoms with Crippen LogP contribution in [0, 0.1) is 6.92 Å². The van der Waals surface area contributed by atoms with Crippen molar-refractivity contribution < 1.29 is 4.79 Å². The number of nitrogens with one attached hydrogen (secondary N) is 2. The van der Waals surface area contributed by atoms with Crippen LogP contribution >= 0.6 is 11.8 Å². The third kappa shape index (κ3) is 3.62. The minimum Gasteiger partial charge on any atom is -0.336 e. The van der Waals surface area contributed by atoms with Crippen molar-refractivity contribution in [3.05, 3.63) is 68.0 Å². The quantitative estimate of drug-likeness (QED) is 0.867. The third-order valence-electron chi connectivity index (χ3n) is 4.15. The van der Waals surface area contributed by atoms with Crippen molar-refractivity contribution in [2.24, 2.45) is 0 Å². The molecule has 0 aliphatic carbocycles. The van der Waals surface area contributed by atoms with Crippen LogP contribution in [0.25, 0.3) is 0 Å². The average Bonchev–Trinajstić information content (AvgIpc) is 2.79. The fourth-order valence-electron chi connectivity index (χ4n) is 2.92. The molecule has 0 saturated carbocycles. The summed E-state index contributed by atoms with van der Waals surface area (Å²) in [5.41, 5.74) is 1.38. The standard InChI is InChI=1S/C17H19N3O3S/c1-11-4-2-3-5-12(11)14-6-7-20(8-9-24-14)16(22)13-10-15(21)19-17(23)18-13/h2-5,10,14H,6-9H2,1H3,(H2,18,19,21,23). The molecule has 2 N–H and O–H groups in total. The first-order valence-electron chi connectivity index (χ1n) is 7.84. The second-order valence-corrected chi connectivity index (χ2v) is 7.11. The van der Waals surface area contributed by atoms with E-state index in [0.29, 0.717) is 18.3 Å². The Kier molecular flexibility index (Phi) is 4.89. The smallest absolute Gasteiger partial charge is 0.326 e. The van der Waals surface area contributed by atoms with E-state index in [4.69, 9.17) is 0 Å². The first-order valence-corrected chi connectivity index (χ1v) is 8.89. The van der Waals surface area contributed by atoms with Gasteiger partial charge >= 0.3 is 5.69 Å². The lowest BCUT2D eigenvalue weighted by atomic mass is 10.0. The van der Waals surface area contributed by atoms with E-state index in [1.54, 1.807) is 4.90 Å². The van der Waals surface area contributed by atoms with Gasteiger partial charge in [-0.25, -0.2) is 4.79 Å². The number of benzene rings is 1. The normalized spacial score (nSPS) is 18.2. The Hall–Kier alpha value is -2.28. The Morgan fingerprint density at radius 1 is 1.21 bits per heavy atom. The summed E-state index contributed by atoms with van der Waals surface area (Å²) in [7, 11) is 0. The number of carbonyl (C=O) groups excluding carboxylic acids is 1. The molecule has 1 atom stereocenters. The number of rotatable bonds is 2. The zero-order chi connectivity index (χ0) is 17.1. The Balaban J connectivity index is 1.76. The summed E-state index contributed by atoms with van der Waals surface area (Å²) < 4.78 is 0. The van der Waals surface area contributed by atoms with Crippen LogP contribution in [0.3, 0.4) is 0 Å². The predicted octanol–water partition coefficient (Wildman–Crippen LogP) is 1.69. The monoisotopic (exact) mass is 345 g/mol. The summed E-state index contributed by atoms with van der Waals surface area (Å²) >= 11 is 1.84. The van der Waals surface area contributed by atoms with E-state index in [9.17, 15) is 14.4 Å². The van der Waals surface area contributed by atoms with Gasteiger partial charge in [0.15, 0.2) is 0 Å². The maximum absolute atomic E-state index is 12.6. The second-order valence-electron chi connectivity index (χ2n) is 5.80. The number of hydrogen-bond acceptors (Lipinski definition) is 4. The van der Waals surface area contributed by atoms with Crippen molar-refractivity contribution in [3.8, 4) is 0 Å². The molecule has 1 aromatic heterocycles. The lowest BCUT2D eigenvalue weighted by molar-refractivity contribution is 0.0760. The fourth-order valence-corrected chi connectivity index (χ4v) is 4.25. The van der Waals surface area contributed by atoms with E-state index in [-0.39, 0.29) is 11.6 Å². The average molecular weight is 345 g/mol. The van der Waals surface area contributed by atoms with Crippen LogP contribution in [0.4, 0.5) is 0 Å². The van der Waals surface area contributed by atoms with Crippen LogP contribution in [-0.2, 0) is 0 Å². The Morgan fingerprint density at radius 2 is 2.00 bits per heavy atom. The van der Waals surface area contributed by atoms with Crippen LogP contribution in [0.15, 0.2) is 39.9 Å². The molecule has 1 aromatic carbocycles. The minimum atomic E-state index is -0.659. The van der Waals surface area contributed by atoms with Gasteiger partial charge in [0.05, 0.1) is 0 Å². The highest BCUT2D eigenvalue weighted by Gasteiger charge is 2.24. The van der Waals surface area contributed by atoms with Crippen molar-refractivity contribution in [2.75, 3.05) is 18.8 Å². The van der Waals surface area contributed by atoms with Crippen LogP contribution in [0.2, 0.25) is 0 Å². The van der Waals surface area contributed by atoms with Gasteiger partial charge in [0.25, 0.3) is 11.5 Å². The molecule has 24 heavy (non-hydrogen) atoms. The number of aryl methyl sites for hydroxylation is 1. The van der Waals surface area contributed by atoms with Crippen molar-refractivity contribution in [1.82, 2.24) is 14.9 Å². The van der Waals surface area contributed by atoms with Crippen molar-refractivity contribution in [3.63, 3.8) is 0 Å². The summed E-state index contributed by atoms with van der Waals surface area (Å²) in [6.45, 7) is 3.30. The van der Waals surface area contributed by atoms with Gasteiger partial charge in [0, 0.05) is 30.2 Å². The molecule has 0 spiro atoms.